The van der Waals surface area contributed by atoms with Crippen LogP contribution in [0.25, 0.3) is 5.69 Å². The number of carbonyl (C=O) groups excluding carboxylic acids is 1. The van der Waals surface area contributed by atoms with E-state index >= 15 is 0 Å². The Labute approximate surface area is 184 Å². The Morgan fingerprint density at radius 1 is 1.14 bits per heavy atom. The number of hydrogen-bond donors (Lipinski definition) is 1. The van der Waals surface area contributed by atoms with E-state index in [4.69, 9.17) is 23.2 Å². The normalized spacial score (nSPS) is 11.2. The summed E-state index contributed by atoms with van der Waals surface area (Å²) in [5, 5.41) is 5.12. The maximum absolute atomic E-state index is 12.0. The molecule has 0 aliphatic rings. The van der Waals surface area contributed by atoms with E-state index in [0.717, 1.165) is 28.4 Å². The summed E-state index contributed by atoms with van der Waals surface area (Å²) in [6.45, 7) is 3.96. The second-order valence-corrected chi connectivity index (χ2v) is 8.28. The maximum atomic E-state index is 12.0. The van der Waals surface area contributed by atoms with Gasteiger partial charge in [-0.25, -0.2) is 5.43 Å². The number of carbonyl (C=O) groups is 1. The molecule has 0 bridgehead atoms. The molecule has 150 valence electrons. The van der Waals surface area contributed by atoms with E-state index in [2.05, 4.69) is 10.5 Å². The first-order chi connectivity index (χ1) is 14.0. The van der Waals surface area contributed by atoms with Crippen molar-refractivity contribution < 1.29 is 4.79 Å². The van der Waals surface area contributed by atoms with Gasteiger partial charge in [-0.3, -0.25) is 4.79 Å². The Morgan fingerprint density at radius 3 is 2.66 bits per heavy atom. The zero-order valence-electron chi connectivity index (χ0n) is 16.2. The van der Waals surface area contributed by atoms with Crippen LogP contribution in [0, 0.1) is 13.8 Å². The lowest BCUT2D eigenvalue weighted by Crippen LogP contribution is -2.19. The van der Waals surface area contributed by atoms with Crippen molar-refractivity contribution in [3.05, 3.63) is 87.2 Å². The standard InChI is InChI=1S/C22H21Cl2N3OS/c1-15-11-18(16(2)27(15)20-10-6-9-19(23)22(20)24)12-25-26-21(28)14-29-13-17-7-4-3-5-8-17/h3-12H,13-14H2,1-2H3,(H,26,28)/b25-12-. The summed E-state index contributed by atoms with van der Waals surface area (Å²) in [5.74, 6) is 1.01. The van der Waals surface area contributed by atoms with E-state index in [1.165, 1.54) is 5.56 Å². The molecular weight excluding hydrogens is 425 g/mol. The van der Waals surface area contributed by atoms with Crippen molar-refractivity contribution >= 4 is 47.1 Å². The number of aryl methyl sites for hydroxylation is 1. The van der Waals surface area contributed by atoms with Crippen LogP contribution in [0.5, 0.6) is 0 Å². The highest BCUT2D eigenvalue weighted by Crippen LogP contribution is 2.31. The Bertz CT molecular complexity index is 1030. The third-order valence-electron chi connectivity index (χ3n) is 4.38. The quantitative estimate of drug-likeness (QED) is 0.369. The van der Waals surface area contributed by atoms with Crippen molar-refractivity contribution in [3.8, 4) is 5.69 Å². The lowest BCUT2D eigenvalue weighted by atomic mass is 10.2. The molecule has 1 N–H and O–H groups in total. The van der Waals surface area contributed by atoms with E-state index in [0.29, 0.717) is 15.8 Å². The molecule has 0 aliphatic carbocycles. The van der Waals surface area contributed by atoms with Gasteiger partial charge < -0.3 is 4.57 Å². The molecule has 0 atom stereocenters. The lowest BCUT2D eigenvalue weighted by molar-refractivity contribution is -0.118. The van der Waals surface area contributed by atoms with Gasteiger partial charge in [0.2, 0.25) is 5.91 Å². The van der Waals surface area contributed by atoms with Crippen LogP contribution in [-0.2, 0) is 10.5 Å². The van der Waals surface area contributed by atoms with Gasteiger partial charge in [0, 0.05) is 22.7 Å². The van der Waals surface area contributed by atoms with Crippen LogP contribution < -0.4 is 5.43 Å². The Balaban J connectivity index is 1.61. The second-order valence-electron chi connectivity index (χ2n) is 6.51. The number of aromatic nitrogens is 1. The van der Waals surface area contributed by atoms with E-state index in [-0.39, 0.29) is 5.91 Å². The molecule has 0 spiro atoms. The minimum Gasteiger partial charge on any atom is -0.316 e. The highest BCUT2D eigenvalue weighted by molar-refractivity contribution is 7.99. The van der Waals surface area contributed by atoms with E-state index in [1.807, 2.05) is 66.9 Å². The summed E-state index contributed by atoms with van der Waals surface area (Å²) in [4.78, 5) is 12.0. The summed E-state index contributed by atoms with van der Waals surface area (Å²) in [5.41, 5.74) is 7.46. The van der Waals surface area contributed by atoms with Crippen LogP contribution in [0.4, 0.5) is 0 Å². The maximum Gasteiger partial charge on any atom is 0.250 e. The van der Waals surface area contributed by atoms with Gasteiger partial charge in [0.15, 0.2) is 0 Å². The van der Waals surface area contributed by atoms with Crippen molar-refractivity contribution in [2.24, 2.45) is 5.10 Å². The molecule has 0 unspecified atom stereocenters. The number of thioether (sulfide) groups is 1. The van der Waals surface area contributed by atoms with Gasteiger partial charge in [-0.05, 0) is 37.6 Å². The van der Waals surface area contributed by atoms with Gasteiger partial charge in [-0.1, -0.05) is 59.6 Å². The summed E-state index contributed by atoms with van der Waals surface area (Å²) < 4.78 is 2.02. The SMILES string of the molecule is Cc1cc(/C=N\NC(=O)CSCc2ccccc2)c(C)n1-c1cccc(Cl)c1Cl. The average molecular weight is 446 g/mol. The number of nitrogens with zero attached hydrogens (tertiary/aromatic N) is 2. The first-order valence-corrected chi connectivity index (χ1v) is 11.0. The third-order valence-corrected chi connectivity index (χ3v) is 6.19. The Kier molecular flexibility index (Phi) is 7.42. The molecule has 0 fully saturated rings. The molecule has 3 aromatic rings. The van der Waals surface area contributed by atoms with Gasteiger partial charge in [0.05, 0.1) is 27.7 Å². The minimum atomic E-state index is -0.131. The molecule has 1 aromatic heterocycles. The number of amides is 1. The predicted molar refractivity (Wildman–Crippen MR) is 124 cm³/mol. The van der Waals surface area contributed by atoms with Gasteiger partial charge in [-0.15, -0.1) is 11.8 Å². The van der Waals surface area contributed by atoms with Crippen LogP contribution >= 0.6 is 35.0 Å². The number of halogens is 2. The number of benzene rings is 2. The van der Waals surface area contributed by atoms with Crippen molar-refractivity contribution in [2.45, 2.75) is 19.6 Å². The van der Waals surface area contributed by atoms with Crippen LogP contribution in [0.3, 0.4) is 0 Å². The largest absolute Gasteiger partial charge is 0.316 e. The molecule has 29 heavy (non-hydrogen) atoms. The van der Waals surface area contributed by atoms with Crippen molar-refractivity contribution in [2.75, 3.05) is 5.75 Å². The Hall–Kier alpha value is -2.21. The van der Waals surface area contributed by atoms with E-state index in [9.17, 15) is 4.79 Å². The Morgan fingerprint density at radius 2 is 1.90 bits per heavy atom. The van der Waals surface area contributed by atoms with E-state index in [1.54, 1.807) is 24.0 Å². The van der Waals surface area contributed by atoms with Gasteiger partial charge in [0.25, 0.3) is 0 Å². The highest BCUT2D eigenvalue weighted by atomic mass is 35.5. The summed E-state index contributed by atoms with van der Waals surface area (Å²) in [7, 11) is 0. The van der Waals surface area contributed by atoms with Gasteiger partial charge in [-0.2, -0.15) is 5.10 Å². The van der Waals surface area contributed by atoms with Crippen LogP contribution in [0.1, 0.15) is 22.5 Å². The number of hydrogen-bond acceptors (Lipinski definition) is 3. The second kappa shape index (κ2) is 10.0. The lowest BCUT2D eigenvalue weighted by Gasteiger charge is -2.12. The molecule has 0 saturated heterocycles. The van der Waals surface area contributed by atoms with Crippen molar-refractivity contribution in [3.63, 3.8) is 0 Å². The summed E-state index contributed by atoms with van der Waals surface area (Å²) in [6, 6.07) is 17.6. The molecule has 1 heterocycles. The summed E-state index contributed by atoms with van der Waals surface area (Å²) in [6.07, 6.45) is 1.65. The molecule has 4 nitrogen and oxygen atoms in total. The molecule has 1 amide bonds. The smallest absolute Gasteiger partial charge is 0.250 e. The predicted octanol–water partition coefficient (Wildman–Crippen LogP) is 5.78. The fourth-order valence-electron chi connectivity index (χ4n) is 3.00. The van der Waals surface area contributed by atoms with Gasteiger partial charge >= 0.3 is 0 Å². The fraction of sp³-hybridized carbons (Fsp3) is 0.182. The first kappa shape index (κ1) is 21.5. The monoisotopic (exact) mass is 445 g/mol. The highest BCUT2D eigenvalue weighted by Gasteiger charge is 2.13. The van der Waals surface area contributed by atoms with Gasteiger partial charge in [0.1, 0.15) is 0 Å². The molecule has 3 rings (SSSR count). The molecule has 0 aliphatic heterocycles. The summed E-state index contributed by atoms with van der Waals surface area (Å²) >= 11 is 14.1. The third kappa shape index (κ3) is 5.44. The van der Waals surface area contributed by atoms with Crippen molar-refractivity contribution in [1.29, 1.82) is 0 Å². The molecule has 0 radical (unpaired) electrons. The minimum absolute atomic E-state index is 0.131. The molecule has 2 aromatic carbocycles. The zero-order chi connectivity index (χ0) is 20.8. The van der Waals surface area contributed by atoms with Crippen LogP contribution in [-0.4, -0.2) is 22.4 Å². The van der Waals surface area contributed by atoms with Crippen molar-refractivity contribution in [1.82, 2.24) is 9.99 Å². The molecule has 0 saturated carbocycles. The first-order valence-electron chi connectivity index (χ1n) is 9.04. The molecule has 7 heteroatoms. The number of hydrazone groups is 1. The van der Waals surface area contributed by atoms with Crippen LogP contribution in [0.15, 0.2) is 59.7 Å². The number of rotatable bonds is 7. The zero-order valence-corrected chi connectivity index (χ0v) is 18.5. The fourth-order valence-corrected chi connectivity index (χ4v) is 4.16. The molecular formula is C22H21Cl2N3OS. The average Bonchev–Trinajstić information content (AvgIpc) is 2.98. The number of nitrogens with one attached hydrogen (secondary N) is 1. The van der Waals surface area contributed by atoms with Crippen LogP contribution in [0.2, 0.25) is 10.0 Å². The topological polar surface area (TPSA) is 46.4 Å². The van der Waals surface area contributed by atoms with E-state index < -0.39 is 0 Å².